The molecule has 5 nitrogen and oxygen atoms in total. The van der Waals surface area contributed by atoms with Gasteiger partial charge in [0.2, 0.25) is 0 Å². The molecule has 0 unspecified atom stereocenters. The molecule has 0 N–H and O–H groups in total. The highest BCUT2D eigenvalue weighted by Crippen LogP contribution is 2.50. The zero-order valence-corrected chi connectivity index (χ0v) is 32.2. The Labute approximate surface area is 354 Å². The molecular formula is C53H44N4O. The molecule has 5 heteroatoms. The number of benzene rings is 7. The van der Waals surface area contributed by atoms with Crippen molar-refractivity contribution in [3.8, 4) is 39.6 Å². The third-order valence-corrected chi connectivity index (χ3v) is 10.6. The average molecular weight is 763 g/mol. The van der Waals surface area contributed by atoms with Crippen LogP contribution in [-0.4, -0.2) is 16.2 Å². The van der Waals surface area contributed by atoms with E-state index < -0.39 is 6.85 Å². The summed E-state index contributed by atoms with van der Waals surface area (Å²) in [6.45, 7) is 3.69. The van der Waals surface area contributed by atoms with Crippen LogP contribution in [0.4, 0.5) is 22.7 Å². The van der Waals surface area contributed by atoms with Crippen LogP contribution in [0.25, 0.3) is 49.9 Å². The van der Waals surface area contributed by atoms with Crippen LogP contribution in [0.3, 0.4) is 0 Å². The Hall–Kier alpha value is -7.11. The Morgan fingerprint density at radius 3 is 2.02 bits per heavy atom. The molecule has 1 aliphatic heterocycles. The number of para-hydroxylation sites is 3. The molecule has 0 aliphatic carbocycles. The molecule has 3 heterocycles. The van der Waals surface area contributed by atoms with E-state index in [2.05, 4.69) is 20.8 Å². The lowest BCUT2D eigenvalue weighted by Crippen LogP contribution is -2.25. The van der Waals surface area contributed by atoms with Gasteiger partial charge < -0.3 is 14.5 Å². The normalized spacial score (nSPS) is 15.4. The molecule has 10 rings (SSSR count). The molecule has 0 atom stereocenters. The molecule has 282 valence electrons. The van der Waals surface area contributed by atoms with Crippen molar-refractivity contribution in [3.63, 3.8) is 0 Å². The second-order valence-corrected chi connectivity index (χ2v) is 15.4. The molecule has 9 aromatic rings. The number of hydrogen-bond acceptors (Lipinski definition) is 4. The summed E-state index contributed by atoms with van der Waals surface area (Å²) in [5.74, 6) is 1.23. The van der Waals surface area contributed by atoms with Gasteiger partial charge in [0.15, 0.2) is 0 Å². The summed E-state index contributed by atoms with van der Waals surface area (Å²) in [5.41, 5.74) is 5.93. The number of aromatic nitrogens is 2. The molecule has 0 spiro atoms. The van der Waals surface area contributed by atoms with Crippen molar-refractivity contribution in [1.29, 1.82) is 0 Å². The topological polar surface area (TPSA) is 33.5 Å². The summed E-state index contributed by atoms with van der Waals surface area (Å²) < 4.78 is 97.1. The van der Waals surface area contributed by atoms with E-state index in [1.54, 1.807) is 41.1 Å². The Morgan fingerprint density at radius 1 is 0.638 bits per heavy atom. The summed E-state index contributed by atoms with van der Waals surface area (Å²) in [5, 5.41) is 0.955. The van der Waals surface area contributed by atoms with E-state index in [4.69, 9.17) is 20.7 Å². The van der Waals surface area contributed by atoms with Crippen LogP contribution in [0.15, 0.2) is 182 Å². The van der Waals surface area contributed by atoms with E-state index in [1.807, 2.05) is 113 Å². The zero-order chi connectivity index (χ0) is 48.0. The SMILES string of the molecule is [2H]c1cc(Oc2ccc3c4c([2H])c([2H])c([2H])c([2H])c4n(-c4cc(C(C)(C)C)ccn4)c3c2)cc(N2CN(c3c(-c4ccccc4)c([2H])c(C([2H])([2H])[2H])c([2H])c3-c3ccccc3)c3ccccc32)c1. The first-order valence-electron chi connectivity index (χ1n) is 24.2. The highest BCUT2D eigenvalue weighted by molar-refractivity contribution is 6.09. The van der Waals surface area contributed by atoms with Crippen LogP contribution in [0, 0.1) is 6.85 Å². The van der Waals surface area contributed by atoms with Crippen molar-refractivity contribution in [2.24, 2.45) is 0 Å². The zero-order valence-electron chi connectivity index (χ0n) is 42.2. The molecule has 2 aromatic heterocycles. The highest BCUT2D eigenvalue weighted by Gasteiger charge is 2.31. The largest absolute Gasteiger partial charge is 0.457 e. The Balaban J connectivity index is 1.11. The summed E-state index contributed by atoms with van der Waals surface area (Å²) in [6.07, 6.45) is 1.70. The standard InChI is InChI=1S/C53H44N4O/c1-36-30-45(37-16-7-5-8-17-37)52(46(31-36)38-18-9-6-10-19-38)56-35-55(48-24-13-14-25-49(48)56)40-20-15-21-41(33-40)58-42-26-27-44-43-22-11-12-23-47(43)57(50(44)34-42)51-32-39(28-29-54-51)53(2,3)4/h5-34H,35H2,1-4H3/i1D3,11D,12D,15D,22D,23D,30D,31D. The average Bonchev–Trinajstić information content (AvgIpc) is 3.86. The van der Waals surface area contributed by atoms with Crippen LogP contribution in [0.5, 0.6) is 11.5 Å². The van der Waals surface area contributed by atoms with Gasteiger partial charge in [-0.2, -0.15) is 0 Å². The maximum Gasteiger partial charge on any atom is 0.137 e. The summed E-state index contributed by atoms with van der Waals surface area (Å²) in [7, 11) is 0. The van der Waals surface area contributed by atoms with Crippen LogP contribution in [0.2, 0.25) is 0 Å². The van der Waals surface area contributed by atoms with Gasteiger partial charge in [0, 0.05) is 50.0 Å². The number of ether oxygens (including phenoxy) is 1. The second-order valence-electron chi connectivity index (χ2n) is 15.4. The third-order valence-electron chi connectivity index (χ3n) is 10.6. The molecule has 0 saturated heterocycles. The van der Waals surface area contributed by atoms with E-state index in [1.165, 1.54) is 0 Å². The first-order chi connectivity index (χ1) is 32.4. The first-order valence-corrected chi connectivity index (χ1v) is 19.2. The summed E-state index contributed by atoms with van der Waals surface area (Å²) in [6, 6.07) is 39.2. The van der Waals surface area contributed by atoms with Crippen LogP contribution in [0.1, 0.15) is 45.6 Å². The lowest BCUT2D eigenvalue weighted by atomic mass is 9.88. The lowest BCUT2D eigenvalue weighted by Gasteiger charge is -2.28. The van der Waals surface area contributed by atoms with Crippen molar-refractivity contribution in [3.05, 3.63) is 193 Å². The van der Waals surface area contributed by atoms with E-state index in [-0.39, 0.29) is 59.9 Å². The molecule has 0 saturated carbocycles. The van der Waals surface area contributed by atoms with Crippen LogP contribution < -0.4 is 14.5 Å². The van der Waals surface area contributed by atoms with E-state index >= 15 is 0 Å². The van der Waals surface area contributed by atoms with Crippen molar-refractivity contribution < 1.29 is 18.4 Å². The molecule has 0 amide bonds. The Kier molecular flexibility index (Phi) is 6.31. The predicted molar refractivity (Wildman–Crippen MR) is 241 cm³/mol. The van der Waals surface area contributed by atoms with Gasteiger partial charge in [-0.05, 0) is 101 Å². The fraction of sp³-hybridized carbons (Fsp3) is 0.113. The van der Waals surface area contributed by atoms with Gasteiger partial charge in [-0.3, -0.25) is 4.57 Å². The molecule has 0 fully saturated rings. The second kappa shape index (κ2) is 14.1. The Morgan fingerprint density at radius 2 is 1.31 bits per heavy atom. The molecule has 0 bridgehead atoms. The number of anilines is 4. The van der Waals surface area contributed by atoms with Gasteiger partial charge >= 0.3 is 0 Å². The maximum absolute atomic E-state index is 9.52. The quantitative estimate of drug-likeness (QED) is 0.162. The van der Waals surface area contributed by atoms with E-state index in [9.17, 15) is 2.74 Å². The molecular weight excluding hydrogens is 709 g/mol. The van der Waals surface area contributed by atoms with Crippen molar-refractivity contribution >= 4 is 44.6 Å². The fourth-order valence-electron chi connectivity index (χ4n) is 7.84. The summed E-state index contributed by atoms with van der Waals surface area (Å²) in [4.78, 5) is 8.74. The highest BCUT2D eigenvalue weighted by atomic mass is 16.5. The van der Waals surface area contributed by atoms with Gasteiger partial charge in [-0.25, -0.2) is 4.98 Å². The van der Waals surface area contributed by atoms with Crippen molar-refractivity contribution in [2.75, 3.05) is 16.5 Å². The molecule has 7 aromatic carbocycles. The smallest absolute Gasteiger partial charge is 0.137 e. The number of nitrogens with zero attached hydrogens (tertiary/aromatic N) is 4. The van der Waals surface area contributed by atoms with Gasteiger partial charge in [-0.1, -0.05) is 118 Å². The number of rotatable bonds is 7. The Bertz CT molecular complexity index is 3410. The predicted octanol–water partition coefficient (Wildman–Crippen LogP) is 14.2. The third kappa shape index (κ3) is 6.25. The molecule has 58 heavy (non-hydrogen) atoms. The minimum atomic E-state index is -2.75. The first kappa shape index (κ1) is 25.9. The minimum Gasteiger partial charge on any atom is -0.457 e. The van der Waals surface area contributed by atoms with E-state index in [0.29, 0.717) is 72.8 Å². The maximum atomic E-state index is 9.52. The molecule has 0 radical (unpaired) electrons. The van der Waals surface area contributed by atoms with Crippen molar-refractivity contribution in [2.45, 2.75) is 33.0 Å². The van der Waals surface area contributed by atoms with Crippen LogP contribution in [-0.2, 0) is 5.41 Å². The monoisotopic (exact) mass is 762 g/mol. The van der Waals surface area contributed by atoms with Gasteiger partial charge in [0.1, 0.15) is 24.0 Å². The number of pyridine rings is 1. The van der Waals surface area contributed by atoms with Gasteiger partial charge in [-0.15, -0.1) is 0 Å². The fourth-order valence-corrected chi connectivity index (χ4v) is 7.84. The number of hydrogen-bond donors (Lipinski definition) is 0. The van der Waals surface area contributed by atoms with Gasteiger partial charge in [0.25, 0.3) is 0 Å². The van der Waals surface area contributed by atoms with E-state index in [0.717, 1.165) is 16.9 Å². The number of fused-ring (bicyclic) bond motifs is 4. The minimum absolute atomic E-state index is 0.158. The lowest BCUT2D eigenvalue weighted by molar-refractivity contribution is 0.483. The molecule has 1 aliphatic rings. The van der Waals surface area contributed by atoms with Gasteiger partial charge in [0.05, 0.1) is 37.7 Å². The van der Waals surface area contributed by atoms with Crippen molar-refractivity contribution in [1.82, 2.24) is 9.55 Å². The summed E-state index contributed by atoms with van der Waals surface area (Å²) >= 11 is 0. The van der Waals surface area contributed by atoms with Crippen LogP contribution >= 0.6 is 0 Å².